The van der Waals surface area contributed by atoms with E-state index in [2.05, 4.69) is 15.0 Å². The zero-order valence-electron chi connectivity index (χ0n) is 12.6. The SMILES string of the molecule is Cc1[nH]c2nc(N)[nH]c(=O)c2c1Sc1cc([N+](=O)[O-])cc([N+](=O)[O-])c1. The summed E-state index contributed by atoms with van der Waals surface area (Å²) in [4.78, 5) is 42.7. The van der Waals surface area contributed by atoms with Gasteiger partial charge in [-0.1, -0.05) is 11.8 Å². The van der Waals surface area contributed by atoms with Gasteiger partial charge in [-0.05, 0) is 6.92 Å². The molecule has 0 aliphatic rings. The van der Waals surface area contributed by atoms with E-state index in [9.17, 15) is 25.0 Å². The van der Waals surface area contributed by atoms with Crippen molar-refractivity contribution in [3.05, 3.63) is 54.5 Å². The smallest absolute Gasteiger partial charge is 0.277 e. The summed E-state index contributed by atoms with van der Waals surface area (Å²) >= 11 is 0.993. The number of nitrogens with zero attached hydrogens (tertiary/aromatic N) is 3. The first-order valence-corrected chi connectivity index (χ1v) is 7.57. The molecular formula is C13H10N6O5S. The van der Waals surface area contributed by atoms with Crippen LogP contribution in [0, 0.1) is 27.2 Å². The van der Waals surface area contributed by atoms with Gasteiger partial charge in [-0.15, -0.1) is 0 Å². The van der Waals surface area contributed by atoms with E-state index in [0.717, 1.165) is 17.8 Å². The lowest BCUT2D eigenvalue weighted by molar-refractivity contribution is -0.394. The van der Waals surface area contributed by atoms with Crippen molar-refractivity contribution in [3.63, 3.8) is 0 Å². The number of H-pyrrole nitrogens is 2. The number of aromatic nitrogens is 3. The average Bonchev–Trinajstić information content (AvgIpc) is 2.82. The molecular weight excluding hydrogens is 352 g/mol. The molecule has 0 spiro atoms. The van der Waals surface area contributed by atoms with Gasteiger partial charge in [0.1, 0.15) is 5.65 Å². The molecule has 0 amide bonds. The largest absolute Gasteiger partial charge is 0.369 e. The molecule has 3 aromatic rings. The summed E-state index contributed by atoms with van der Waals surface area (Å²) in [5, 5.41) is 22.2. The van der Waals surface area contributed by atoms with Crippen molar-refractivity contribution >= 4 is 40.1 Å². The lowest BCUT2D eigenvalue weighted by atomic mass is 10.3. The van der Waals surface area contributed by atoms with E-state index in [-0.39, 0.29) is 21.9 Å². The lowest BCUT2D eigenvalue weighted by Gasteiger charge is -2.02. The molecule has 11 nitrogen and oxygen atoms in total. The van der Waals surface area contributed by atoms with Crippen LogP contribution in [0.5, 0.6) is 0 Å². The molecule has 12 heteroatoms. The molecule has 0 saturated heterocycles. The van der Waals surface area contributed by atoms with Crippen LogP contribution in [-0.2, 0) is 0 Å². The number of aryl methyl sites for hydroxylation is 1. The molecule has 3 rings (SSSR count). The Bertz CT molecular complexity index is 1060. The Balaban J connectivity index is 2.16. The number of fused-ring (bicyclic) bond motifs is 1. The molecule has 1 aromatic carbocycles. The van der Waals surface area contributed by atoms with Crippen LogP contribution >= 0.6 is 11.8 Å². The lowest BCUT2D eigenvalue weighted by Crippen LogP contribution is -2.10. The van der Waals surface area contributed by atoms with Crippen molar-refractivity contribution in [2.45, 2.75) is 16.7 Å². The Morgan fingerprint density at radius 3 is 2.28 bits per heavy atom. The van der Waals surface area contributed by atoms with Gasteiger partial charge in [0.2, 0.25) is 5.95 Å². The second-order valence-electron chi connectivity index (χ2n) is 5.06. The van der Waals surface area contributed by atoms with Gasteiger partial charge in [0.25, 0.3) is 16.9 Å². The summed E-state index contributed by atoms with van der Waals surface area (Å²) in [6.07, 6.45) is 0. The first-order valence-electron chi connectivity index (χ1n) is 6.76. The van der Waals surface area contributed by atoms with Crippen LogP contribution in [-0.4, -0.2) is 24.8 Å². The van der Waals surface area contributed by atoms with Gasteiger partial charge < -0.3 is 10.7 Å². The minimum atomic E-state index is -0.714. The number of nitrogens with two attached hydrogens (primary N) is 1. The van der Waals surface area contributed by atoms with Crippen LogP contribution in [0.3, 0.4) is 0 Å². The predicted octanol–water partition coefficient (Wildman–Crippen LogP) is 2.11. The van der Waals surface area contributed by atoms with Gasteiger partial charge >= 0.3 is 0 Å². The van der Waals surface area contributed by atoms with Gasteiger partial charge in [-0.25, -0.2) is 0 Å². The second-order valence-corrected chi connectivity index (χ2v) is 6.14. The van der Waals surface area contributed by atoms with Crippen LogP contribution in [0.25, 0.3) is 11.0 Å². The van der Waals surface area contributed by atoms with E-state index in [1.54, 1.807) is 6.92 Å². The first kappa shape index (κ1) is 16.4. The minimum Gasteiger partial charge on any atom is -0.369 e. The summed E-state index contributed by atoms with van der Waals surface area (Å²) in [6, 6.07) is 3.28. The Hall–Kier alpha value is -3.41. The van der Waals surface area contributed by atoms with Crippen LogP contribution in [0.4, 0.5) is 17.3 Å². The standard InChI is InChI=1S/C13H10N6O5S/c1-5-10(9-11(15-5)16-13(14)17-12(9)20)25-8-3-6(18(21)22)2-7(4-8)19(23)24/h2-4H,1H3,(H4,14,15,16,17,20). The fourth-order valence-electron chi connectivity index (χ4n) is 2.30. The molecule has 0 atom stereocenters. The summed E-state index contributed by atoms with van der Waals surface area (Å²) in [5.74, 6) is -0.0544. The Morgan fingerprint density at radius 2 is 1.72 bits per heavy atom. The molecule has 0 unspecified atom stereocenters. The summed E-state index contributed by atoms with van der Waals surface area (Å²) < 4.78 is 0. The third kappa shape index (κ3) is 3.01. The number of nitrogen functional groups attached to an aromatic ring is 1. The van der Waals surface area contributed by atoms with Crippen molar-refractivity contribution in [3.8, 4) is 0 Å². The number of aromatic amines is 2. The molecule has 2 heterocycles. The van der Waals surface area contributed by atoms with Gasteiger partial charge in [0.05, 0.1) is 21.3 Å². The molecule has 0 aliphatic heterocycles. The second kappa shape index (κ2) is 5.90. The average molecular weight is 362 g/mol. The zero-order chi connectivity index (χ0) is 18.3. The van der Waals surface area contributed by atoms with Crippen LogP contribution in [0.1, 0.15) is 5.69 Å². The minimum absolute atomic E-state index is 0.0544. The molecule has 0 saturated carbocycles. The first-order chi connectivity index (χ1) is 11.8. The Kier molecular flexibility index (Phi) is 3.88. The zero-order valence-corrected chi connectivity index (χ0v) is 13.4. The number of nitro groups is 2. The number of anilines is 1. The maximum atomic E-state index is 12.1. The van der Waals surface area contributed by atoms with Crippen molar-refractivity contribution in [1.82, 2.24) is 15.0 Å². The van der Waals surface area contributed by atoms with E-state index < -0.39 is 26.8 Å². The number of benzene rings is 1. The van der Waals surface area contributed by atoms with Crippen LogP contribution in [0.15, 0.2) is 32.8 Å². The summed E-state index contributed by atoms with van der Waals surface area (Å²) in [7, 11) is 0. The van der Waals surface area contributed by atoms with Gasteiger partial charge in [-0.3, -0.25) is 30.0 Å². The van der Waals surface area contributed by atoms with Gasteiger partial charge in [-0.2, -0.15) is 4.98 Å². The summed E-state index contributed by atoms with van der Waals surface area (Å²) in [6.45, 7) is 1.69. The Morgan fingerprint density at radius 1 is 1.12 bits per heavy atom. The topological polar surface area (TPSA) is 174 Å². The third-order valence-corrected chi connectivity index (χ3v) is 4.51. The van der Waals surface area contributed by atoms with Crippen molar-refractivity contribution in [1.29, 1.82) is 0 Å². The molecule has 0 aliphatic carbocycles. The predicted molar refractivity (Wildman–Crippen MR) is 89.7 cm³/mol. The summed E-state index contributed by atoms with van der Waals surface area (Å²) in [5.41, 5.74) is 5.05. The number of hydrogen-bond donors (Lipinski definition) is 3. The number of non-ortho nitro benzene ring substituents is 2. The molecule has 128 valence electrons. The van der Waals surface area contributed by atoms with Crippen molar-refractivity contribution in [2.75, 3.05) is 5.73 Å². The third-order valence-electron chi connectivity index (χ3n) is 3.33. The fraction of sp³-hybridized carbons (Fsp3) is 0.0769. The number of nitrogens with one attached hydrogen (secondary N) is 2. The fourth-order valence-corrected chi connectivity index (χ4v) is 3.39. The maximum Gasteiger partial charge on any atom is 0.277 e. The molecule has 4 N–H and O–H groups in total. The highest BCUT2D eigenvalue weighted by atomic mass is 32.2. The molecule has 0 radical (unpaired) electrons. The normalized spacial score (nSPS) is 10.9. The van der Waals surface area contributed by atoms with E-state index in [1.807, 2.05) is 0 Å². The van der Waals surface area contributed by atoms with E-state index >= 15 is 0 Å². The molecule has 2 aromatic heterocycles. The molecule has 0 bridgehead atoms. The van der Waals surface area contributed by atoms with Crippen molar-refractivity contribution in [2.24, 2.45) is 0 Å². The highest BCUT2D eigenvalue weighted by Gasteiger charge is 2.20. The quantitative estimate of drug-likeness (QED) is 0.467. The number of rotatable bonds is 4. The molecule has 0 fully saturated rings. The highest BCUT2D eigenvalue weighted by Crippen LogP contribution is 2.37. The van der Waals surface area contributed by atoms with E-state index in [0.29, 0.717) is 10.6 Å². The van der Waals surface area contributed by atoms with E-state index in [1.165, 1.54) is 12.1 Å². The van der Waals surface area contributed by atoms with Gasteiger partial charge in [0, 0.05) is 27.6 Å². The van der Waals surface area contributed by atoms with Crippen LogP contribution in [0.2, 0.25) is 0 Å². The monoisotopic (exact) mass is 362 g/mol. The highest BCUT2D eigenvalue weighted by molar-refractivity contribution is 7.99. The Labute approximate surface area is 142 Å². The number of hydrogen-bond acceptors (Lipinski definition) is 8. The van der Waals surface area contributed by atoms with Gasteiger partial charge in [0.15, 0.2) is 0 Å². The number of nitro benzene ring substituents is 2. The van der Waals surface area contributed by atoms with E-state index in [4.69, 9.17) is 5.73 Å². The molecule has 25 heavy (non-hydrogen) atoms. The maximum absolute atomic E-state index is 12.1. The van der Waals surface area contributed by atoms with Crippen molar-refractivity contribution < 1.29 is 9.85 Å². The van der Waals surface area contributed by atoms with Crippen LogP contribution < -0.4 is 11.3 Å².